The first kappa shape index (κ1) is 21.3. The van der Waals surface area contributed by atoms with Crippen molar-refractivity contribution in [1.29, 1.82) is 0 Å². The Morgan fingerprint density at radius 2 is 1.67 bits per heavy atom. The second-order valence-corrected chi connectivity index (χ2v) is 11.5. The second-order valence-electron chi connectivity index (χ2n) is 11.5. The summed E-state index contributed by atoms with van der Waals surface area (Å²) in [6.45, 7) is 1.31. The highest BCUT2D eigenvalue weighted by Crippen LogP contribution is 2.61. The molecule has 0 atom stereocenters. The first-order valence-electron chi connectivity index (χ1n) is 12.7. The Labute approximate surface area is 195 Å². The molecule has 0 aromatic heterocycles. The predicted octanol–water partition coefficient (Wildman–Crippen LogP) is 4.64. The first-order valence-corrected chi connectivity index (χ1v) is 12.7. The number of likely N-dealkylation sites (tertiary alicyclic amines) is 1. The molecule has 178 valence electrons. The van der Waals surface area contributed by atoms with Crippen LogP contribution in [0, 0.1) is 23.2 Å². The minimum Gasteiger partial charge on any atom is -0.493 e. The number of methoxy groups -OCH3 is 2. The highest BCUT2D eigenvalue weighted by Gasteiger charge is 2.52. The molecule has 0 N–H and O–H groups in total. The van der Waals surface area contributed by atoms with E-state index in [9.17, 15) is 9.59 Å². The number of rotatable bonds is 4. The monoisotopic (exact) mass is 453 g/mol. The Morgan fingerprint density at radius 1 is 1.03 bits per heavy atom. The van der Waals surface area contributed by atoms with Crippen molar-refractivity contribution in [1.82, 2.24) is 4.90 Å². The quantitative estimate of drug-likeness (QED) is 0.665. The molecule has 1 spiro atoms. The second kappa shape index (κ2) is 7.64. The highest BCUT2D eigenvalue weighted by molar-refractivity contribution is 6.01. The third-order valence-corrected chi connectivity index (χ3v) is 9.32. The number of fused-ring (bicyclic) bond motifs is 1. The van der Waals surface area contributed by atoms with Gasteiger partial charge in [-0.15, -0.1) is 0 Å². The lowest BCUT2D eigenvalue weighted by Gasteiger charge is -2.57. The highest BCUT2D eigenvalue weighted by atomic mass is 16.5. The number of piperidine rings is 1. The maximum Gasteiger partial charge on any atom is 0.223 e. The predicted molar refractivity (Wildman–Crippen MR) is 123 cm³/mol. The molecule has 2 aliphatic heterocycles. The number of hydrogen-bond donors (Lipinski definition) is 0. The Kier molecular flexibility index (Phi) is 4.93. The third-order valence-electron chi connectivity index (χ3n) is 9.32. The molecule has 1 aromatic carbocycles. The molecule has 6 aliphatic rings. The topological polar surface area (TPSA) is 65.1 Å². The lowest BCUT2D eigenvalue weighted by Crippen LogP contribution is -2.54. The van der Waals surface area contributed by atoms with E-state index in [1.165, 1.54) is 38.5 Å². The average molecular weight is 454 g/mol. The number of carbonyl (C=O) groups is 2. The number of benzene rings is 1. The third kappa shape index (κ3) is 3.52. The lowest BCUT2D eigenvalue weighted by molar-refractivity contribution is -0.142. The largest absolute Gasteiger partial charge is 0.493 e. The van der Waals surface area contributed by atoms with E-state index in [1.807, 2.05) is 4.90 Å². The molecule has 0 radical (unpaired) electrons. The summed E-state index contributed by atoms with van der Waals surface area (Å²) in [6.07, 6.45) is 10.4. The van der Waals surface area contributed by atoms with Crippen LogP contribution < -0.4 is 14.2 Å². The summed E-state index contributed by atoms with van der Waals surface area (Å²) in [5, 5.41) is 0. The summed E-state index contributed by atoms with van der Waals surface area (Å²) in [5.41, 5.74) is 0.251. The molecule has 0 unspecified atom stereocenters. The molecular formula is C27H35NO5. The van der Waals surface area contributed by atoms with Crippen molar-refractivity contribution in [2.45, 2.75) is 69.8 Å². The Balaban J connectivity index is 1.15. The van der Waals surface area contributed by atoms with Crippen molar-refractivity contribution in [3.05, 3.63) is 17.7 Å². The number of nitrogens with zero attached hydrogens (tertiary/aromatic N) is 1. The van der Waals surface area contributed by atoms with Gasteiger partial charge in [0.1, 0.15) is 5.60 Å². The summed E-state index contributed by atoms with van der Waals surface area (Å²) in [5.74, 6) is 4.50. The van der Waals surface area contributed by atoms with Crippen LogP contribution in [0.2, 0.25) is 0 Å². The molecule has 2 heterocycles. The van der Waals surface area contributed by atoms with Crippen molar-refractivity contribution < 1.29 is 23.8 Å². The van der Waals surface area contributed by atoms with Gasteiger partial charge in [0, 0.05) is 32.4 Å². The van der Waals surface area contributed by atoms with Crippen LogP contribution in [0.15, 0.2) is 12.1 Å². The van der Waals surface area contributed by atoms with Gasteiger partial charge in [-0.3, -0.25) is 9.59 Å². The van der Waals surface area contributed by atoms with E-state index in [0.717, 1.165) is 24.2 Å². The molecule has 1 aromatic rings. The number of ketones is 1. The Morgan fingerprint density at radius 3 is 2.24 bits per heavy atom. The molecule has 4 saturated carbocycles. The van der Waals surface area contributed by atoms with E-state index in [1.54, 1.807) is 26.4 Å². The van der Waals surface area contributed by atoms with Crippen LogP contribution in [0.5, 0.6) is 17.2 Å². The van der Waals surface area contributed by atoms with Gasteiger partial charge >= 0.3 is 0 Å². The molecule has 7 rings (SSSR count). The zero-order valence-electron chi connectivity index (χ0n) is 19.9. The van der Waals surface area contributed by atoms with Crippen molar-refractivity contribution in [2.75, 3.05) is 27.3 Å². The van der Waals surface area contributed by atoms with Crippen LogP contribution in [0.4, 0.5) is 0 Å². The molecule has 4 aliphatic carbocycles. The number of ether oxygens (including phenoxy) is 3. The summed E-state index contributed by atoms with van der Waals surface area (Å²) in [7, 11) is 3.15. The minimum atomic E-state index is -0.568. The van der Waals surface area contributed by atoms with E-state index in [4.69, 9.17) is 14.2 Å². The number of Topliss-reactive ketones (excluding diaryl/α,β-unsaturated/α-hetero) is 1. The van der Waals surface area contributed by atoms with E-state index in [0.29, 0.717) is 61.1 Å². The zero-order valence-corrected chi connectivity index (χ0v) is 19.9. The normalized spacial score (nSPS) is 33.6. The van der Waals surface area contributed by atoms with Gasteiger partial charge in [0.2, 0.25) is 11.7 Å². The fourth-order valence-corrected chi connectivity index (χ4v) is 8.24. The van der Waals surface area contributed by atoms with Gasteiger partial charge in [-0.1, -0.05) is 0 Å². The molecule has 1 saturated heterocycles. The van der Waals surface area contributed by atoms with Crippen molar-refractivity contribution in [2.24, 2.45) is 23.2 Å². The first-order chi connectivity index (χ1) is 15.9. The van der Waals surface area contributed by atoms with Crippen LogP contribution in [0.3, 0.4) is 0 Å². The van der Waals surface area contributed by atoms with Crippen molar-refractivity contribution in [3.63, 3.8) is 0 Å². The summed E-state index contributed by atoms with van der Waals surface area (Å²) < 4.78 is 17.4. The Hall–Kier alpha value is -2.24. The van der Waals surface area contributed by atoms with Crippen molar-refractivity contribution in [3.8, 4) is 17.2 Å². The molecule has 33 heavy (non-hydrogen) atoms. The van der Waals surface area contributed by atoms with Gasteiger partial charge in [0.25, 0.3) is 0 Å². The molecule has 4 bridgehead atoms. The van der Waals surface area contributed by atoms with E-state index in [-0.39, 0.29) is 11.2 Å². The van der Waals surface area contributed by atoms with Crippen molar-refractivity contribution >= 4 is 11.7 Å². The van der Waals surface area contributed by atoms with E-state index >= 15 is 0 Å². The van der Waals surface area contributed by atoms with Gasteiger partial charge in [0.15, 0.2) is 17.3 Å². The number of hydrogen-bond acceptors (Lipinski definition) is 5. The minimum absolute atomic E-state index is 0.0746. The summed E-state index contributed by atoms with van der Waals surface area (Å²) in [6, 6.07) is 3.51. The van der Waals surface area contributed by atoms with Crippen LogP contribution >= 0.6 is 0 Å². The molecular weight excluding hydrogens is 418 g/mol. The average Bonchev–Trinajstić information content (AvgIpc) is 2.77. The number of amides is 1. The standard InChI is InChI=1S/C27H35NO5/c1-31-22-4-3-20-21(29)15-27(33-24(20)25(22)32-2)5-7-28(8-6-27)23(30)16-26-12-17-9-18(13-26)11-19(10-17)14-26/h3-4,17-19H,5-16H2,1-2H3. The zero-order chi connectivity index (χ0) is 22.8. The Bertz CT molecular complexity index is 942. The van der Waals surface area contributed by atoms with Crippen LogP contribution in [0.25, 0.3) is 0 Å². The summed E-state index contributed by atoms with van der Waals surface area (Å²) in [4.78, 5) is 28.4. The van der Waals surface area contributed by atoms with Gasteiger partial charge in [-0.25, -0.2) is 0 Å². The van der Waals surface area contributed by atoms with E-state index in [2.05, 4.69) is 0 Å². The molecule has 1 amide bonds. The smallest absolute Gasteiger partial charge is 0.223 e. The van der Waals surface area contributed by atoms with E-state index < -0.39 is 5.60 Å². The maximum absolute atomic E-state index is 13.4. The lowest BCUT2D eigenvalue weighted by atomic mass is 9.49. The van der Waals surface area contributed by atoms with Crippen LogP contribution in [0.1, 0.15) is 74.6 Å². The fraction of sp³-hybridized carbons (Fsp3) is 0.704. The number of carbonyl (C=O) groups excluding carboxylic acids is 2. The van der Waals surface area contributed by atoms with Gasteiger partial charge in [-0.05, 0) is 73.8 Å². The fourth-order valence-electron chi connectivity index (χ4n) is 8.24. The molecule has 6 nitrogen and oxygen atoms in total. The van der Waals surface area contributed by atoms with Gasteiger partial charge in [-0.2, -0.15) is 0 Å². The molecule has 5 fully saturated rings. The van der Waals surface area contributed by atoms with Crippen LogP contribution in [-0.4, -0.2) is 49.5 Å². The van der Waals surface area contributed by atoms with Gasteiger partial charge in [0.05, 0.1) is 26.2 Å². The van der Waals surface area contributed by atoms with Gasteiger partial charge < -0.3 is 19.1 Å². The molecule has 6 heteroatoms. The summed E-state index contributed by atoms with van der Waals surface area (Å²) >= 11 is 0. The maximum atomic E-state index is 13.4. The van der Waals surface area contributed by atoms with Crippen LogP contribution in [-0.2, 0) is 4.79 Å². The SMILES string of the molecule is COc1ccc2c(c1OC)OC1(CCN(C(=O)CC34CC5CC(CC(C5)C3)C4)CC1)CC2=O.